The first-order valence-corrected chi connectivity index (χ1v) is 8.02. The molecule has 0 aliphatic rings. The highest BCUT2D eigenvalue weighted by Crippen LogP contribution is 2.19. The lowest BCUT2D eigenvalue weighted by Gasteiger charge is -2.12. The van der Waals surface area contributed by atoms with Crippen molar-refractivity contribution in [3.05, 3.63) is 70.3 Å². The van der Waals surface area contributed by atoms with Gasteiger partial charge in [-0.05, 0) is 42.8 Å². The number of rotatable bonds is 5. The summed E-state index contributed by atoms with van der Waals surface area (Å²) in [5.41, 5.74) is 1.52. The molecule has 6 heteroatoms. The molecule has 3 aromatic rings. The molecule has 0 bridgehead atoms. The van der Waals surface area contributed by atoms with Gasteiger partial charge < -0.3 is 14.6 Å². The quantitative estimate of drug-likeness (QED) is 0.776. The van der Waals surface area contributed by atoms with Crippen LogP contribution in [0.2, 0.25) is 0 Å². The third kappa shape index (κ3) is 3.38. The number of hydrogen-bond acceptors (Lipinski definition) is 4. The average Bonchev–Trinajstić information content (AvgIpc) is 2.67. The van der Waals surface area contributed by atoms with Crippen molar-refractivity contribution in [2.24, 2.45) is 0 Å². The minimum atomic E-state index is -0.395. The Hall–Kier alpha value is -3.15. The number of ether oxygens (including phenoxy) is 1. The molecule has 1 amide bonds. The van der Waals surface area contributed by atoms with Crippen molar-refractivity contribution in [1.29, 1.82) is 0 Å². The number of aryl methyl sites for hydroxylation is 1. The summed E-state index contributed by atoms with van der Waals surface area (Å²) in [5.74, 6) is 0.190. The number of fused-ring (bicyclic) bond motifs is 1. The van der Waals surface area contributed by atoms with Crippen molar-refractivity contribution in [3.8, 4) is 5.75 Å². The Morgan fingerprint density at radius 1 is 1.24 bits per heavy atom. The fourth-order valence-electron chi connectivity index (χ4n) is 2.71. The first-order chi connectivity index (χ1) is 12.1. The molecule has 1 N–H and O–H groups in total. The highest BCUT2D eigenvalue weighted by molar-refractivity contribution is 5.97. The largest absolute Gasteiger partial charge is 0.497 e. The highest BCUT2D eigenvalue weighted by atomic mass is 16.5. The summed E-state index contributed by atoms with van der Waals surface area (Å²) in [6.07, 6.45) is 4.93. The van der Waals surface area contributed by atoms with E-state index in [0.717, 1.165) is 11.1 Å². The number of nitrogens with zero attached hydrogens (tertiary/aromatic N) is 2. The minimum Gasteiger partial charge on any atom is -0.497 e. The topological polar surface area (TPSA) is 73.2 Å². The second kappa shape index (κ2) is 7.17. The zero-order chi connectivity index (χ0) is 17.8. The first kappa shape index (κ1) is 16.7. The van der Waals surface area contributed by atoms with Crippen molar-refractivity contribution in [2.75, 3.05) is 7.11 Å². The summed E-state index contributed by atoms with van der Waals surface area (Å²) in [4.78, 5) is 29.3. The monoisotopic (exact) mass is 337 g/mol. The standard InChI is InChI=1S/C19H19N3O3/c1-3-22-12-16(19(24)21-11-13-6-8-20-9-7-13)18(23)15-10-14(25-2)4-5-17(15)22/h4-10,12H,3,11H2,1-2H3,(H,21,24). The van der Waals surface area contributed by atoms with Gasteiger partial charge >= 0.3 is 0 Å². The van der Waals surface area contributed by atoms with Gasteiger partial charge in [0.25, 0.3) is 5.91 Å². The summed E-state index contributed by atoms with van der Waals surface area (Å²) in [5, 5.41) is 3.26. The predicted octanol–water partition coefficient (Wildman–Crippen LogP) is 2.36. The summed E-state index contributed by atoms with van der Waals surface area (Å²) in [6.45, 7) is 2.95. The Morgan fingerprint density at radius 3 is 2.68 bits per heavy atom. The second-order valence-electron chi connectivity index (χ2n) is 5.58. The molecule has 128 valence electrons. The fourth-order valence-corrected chi connectivity index (χ4v) is 2.71. The number of benzene rings is 1. The molecular weight excluding hydrogens is 318 g/mol. The van der Waals surface area contributed by atoms with Crippen LogP contribution in [0.15, 0.2) is 53.7 Å². The molecule has 25 heavy (non-hydrogen) atoms. The lowest BCUT2D eigenvalue weighted by molar-refractivity contribution is 0.0949. The van der Waals surface area contributed by atoms with Gasteiger partial charge in [0.2, 0.25) is 5.43 Å². The predicted molar refractivity (Wildman–Crippen MR) is 95.8 cm³/mol. The van der Waals surface area contributed by atoms with Gasteiger partial charge in [0, 0.05) is 31.7 Å². The number of methoxy groups -OCH3 is 1. The molecule has 0 aliphatic heterocycles. The van der Waals surface area contributed by atoms with E-state index in [0.29, 0.717) is 24.2 Å². The van der Waals surface area contributed by atoms with E-state index in [1.165, 1.54) is 0 Å². The molecule has 0 atom stereocenters. The normalized spacial score (nSPS) is 10.6. The van der Waals surface area contributed by atoms with Crippen molar-refractivity contribution in [1.82, 2.24) is 14.9 Å². The summed E-state index contributed by atoms with van der Waals surface area (Å²) in [6, 6.07) is 8.93. The smallest absolute Gasteiger partial charge is 0.257 e. The van der Waals surface area contributed by atoms with E-state index in [4.69, 9.17) is 4.74 Å². The zero-order valence-electron chi connectivity index (χ0n) is 14.2. The van der Waals surface area contributed by atoms with Crippen LogP contribution in [0, 0.1) is 0 Å². The Morgan fingerprint density at radius 2 is 2.00 bits per heavy atom. The average molecular weight is 337 g/mol. The number of carbonyl (C=O) groups excluding carboxylic acids is 1. The van der Waals surface area contributed by atoms with Crippen molar-refractivity contribution >= 4 is 16.8 Å². The van der Waals surface area contributed by atoms with E-state index in [1.807, 2.05) is 29.7 Å². The Bertz CT molecular complexity index is 965. The van der Waals surface area contributed by atoms with E-state index in [2.05, 4.69) is 10.3 Å². The fraction of sp³-hybridized carbons (Fsp3) is 0.211. The first-order valence-electron chi connectivity index (χ1n) is 8.02. The van der Waals surface area contributed by atoms with Crippen LogP contribution < -0.4 is 15.5 Å². The van der Waals surface area contributed by atoms with E-state index >= 15 is 0 Å². The maximum Gasteiger partial charge on any atom is 0.257 e. The van der Waals surface area contributed by atoms with Crippen molar-refractivity contribution < 1.29 is 9.53 Å². The van der Waals surface area contributed by atoms with Gasteiger partial charge in [0.15, 0.2) is 0 Å². The molecule has 0 unspecified atom stereocenters. The molecule has 0 saturated heterocycles. The number of hydrogen-bond donors (Lipinski definition) is 1. The Kier molecular flexibility index (Phi) is 4.79. The van der Waals surface area contributed by atoms with Gasteiger partial charge in [-0.25, -0.2) is 0 Å². The van der Waals surface area contributed by atoms with Crippen LogP contribution in [0.4, 0.5) is 0 Å². The third-order valence-electron chi connectivity index (χ3n) is 4.08. The van der Waals surface area contributed by atoms with Crippen LogP contribution in [0.25, 0.3) is 10.9 Å². The summed E-state index contributed by atoms with van der Waals surface area (Å²) >= 11 is 0. The van der Waals surface area contributed by atoms with E-state index in [9.17, 15) is 9.59 Å². The zero-order valence-corrected chi connectivity index (χ0v) is 14.2. The molecule has 0 radical (unpaired) electrons. The minimum absolute atomic E-state index is 0.122. The van der Waals surface area contributed by atoms with Crippen molar-refractivity contribution in [2.45, 2.75) is 20.0 Å². The molecule has 3 rings (SSSR count). The van der Waals surface area contributed by atoms with E-state index in [-0.39, 0.29) is 11.0 Å². The highest BCUT2D eigenvalue weighted by Gasteiger charge is 2.15. The van der Waals surface area contributed by atoms with Gasteiger partial charge in [-0.3, -0.25) is 14.6 Å². The molecule has 1 aromatic carbocycles. The molecule has 0 spiro atoms. The number of carbonyl (C=O) groups is 1. The van der Waals surface area contributed by atoms with Crippen LogP contribution in [0.3, 0.4) is 0 Å². The van der Waals surface area contributed by atoms with Crippen LogP contribution in [0.5, 0.6) is 5.75 Å². The molecular formula is C19H19N3O3. The number of amides is 1. The summed E-state index contributed by atoms with van der Waals surface area (Å²) in [7, 11) is 1.55. The van der Waals surface area contributed by atoms with Crippen molar-refractivity contribution in [3.63, 3.8) is 0 Å². The number of pyridine rings is 2. The van der Waals surface area contributed by atoms with Gasteiger partial charge in [-0.1, -0.05) is 0 Å². The van der Waals surface area contributed by atoms with E-state index < -0.39 is 5.91 Å². The van der Waals surface area contributed by atoms with Crippen LogP contribution in [-0.4, -0.2) is 22.6 Å². The maximum atomic E-state index is 12.8. The van der Waals surface area contributed by atoms with Crippen LogP contribution in [0.1, 0.15) is 22.8 Å². The Balaban J connectivity index is 1.98. The lowest BCUT2D eigenvalue weighted by atomic mass is 10.1. The third-order valence-corrected chi connectivity index (χ3v) is 4.08. The second-order valence-corrected chi connectivity index (χ2v) is 5.58. The molecule has 0 saturated carbocycles. The molecule has 2 heterocycles. The van der Waals surface area contributed by atoms with Gasteiger partial charge in [-0.2, -0.15) is 0 Å². The van der Waals surface area contributed by atoms with Gasteiger partial charge in [0.05, 0.1) is 18.0 Å². The lowest BCUT2D eigenvalue weighted by Crippen LogP contribution is -2.29. The molecule has 0 aliphatic carbocycles. The van der Waals surface area contributed by atoms with Gasteiger partial charge in [-0.15, -0.1) is 0 Å². The SMILES string of the molecule is CCn1cc(C(=O)NCc2ccncc2)c(=O)c2cc(OC)ccc21. The molecule has 2 aromatic heterocycles. The molecule has 0 fully saturated rings. The van der Waals surface area contributed by atoms with Crippen LogP contribution >= 0.6 is 0 Å². The van der Waals surface area contributed by atoms with Gasteiger partial charge in [0.1, 0.15) is 11.3 Å². The maximum absolute atomic E-state index is 12.8. The number of aromatic nitrogens is 2. The summed E-state index contributed by atoms with van der Waals surface area (Å²) < 4.78 is 7.09. The van der Waals surface area contributed by atoms with Crippen LogP contribution in [-0.2, 0) is 13.1 Å². The van der Waals surface area contributed by atoms with E-state index in [1.54, 1.807) is 37.8 Å². The Labute approximate surface area is 145 Å². The number of nitrogens with one attached hydrogen (secondary N) is 1. The molecule has 6 nitrogen and oxygen atoms in total.